The van der Waals surface area contributed by atoms with Gasteiger partial charge in [-0.2, -0.15) is 0 Å². The minimum atomic E-state index is -0.0405. The molecule has 2 aliphatic heterocycles. The fourth-order valence-corrected chi connectivity index (χ4v) is 5.14. The van der Waals surface area contributed by atoms with E-state index in [1.165, 1.54) is 38.5 Å². The Kier molecular flexibility index (Phi) is 4.88. The van der Waals surface area contributed by atoms with Crippen LogP contribution in [0.4, 0.5) is 0 Å². The van der Waals surface area contributed by atoms with Crippen molar-refractivity contribution in [3.8, 4) is 0 Å². The molecule has 1 unspecified atom stereocenters. The van der Waals surface area contributed by atoms with E-state index in [1.54, 1.807) is 0 Å². The number of rotatable bonds is 4. The van der Waals surface area contributed by atoms with E-state index in [-0.39, 0.29) is 5.41 Å². The zero-order valence-electron chi connectivity index (χ0n) is 13.7. The molecule has 3 rings (SSSR count). The van der Waals surface area contributed by atoms with E-state index >= 15 is 0 Å². The molecule has 1 N–H and O–H groups in total. The molecule has 3 aliphatic rings. The van der Waals surface area contributed by atoms with Gasteiger partial charge in [-0.1, -0.05) is 26.2 Å². The monoisotopic (exact) mass is 292 g/mol. The van der Waals surface area contributed by atoms with Gasteiger partial charge in [0.15, 0.2) is 0 Å². The largest absolute Gasteiger partial charge is 0.339 e. The minimum Gasteiger partial charge on any atom is -0.339 e. The van der Waals surface area contributed by atoms with Gasteiger partial charge in [-0.3, -0.25) is 4.79 Å². The van der Waals surface area contributed by atoms with Crippen molar-refractivity contribution in [3.05, 3.63) is 0 Å². The molecule has 2 heterocycles. The van der Waals surface area contributed by atoms with Gasteiger partial charge < -0.3 is 10.2 Å². The molecule has 0 aromatic heterocycles. The van der Waals surface area contributed by atoms with Gasteiger partial charge >= 0.3 is 0 Å². The lowest BCUT2D eigenvalue weighted by atomic mass is 9.74. The summed E-state index contributed by atoms with van der Waals surface area (Å²) in [5.41, 5.74) is -0.0405. The lowest BCUT2D eigenvalue weighted by Crippen LogP contribution is -2.51. The molecule has 21 heavy (non-hydrogen) atoms. The highest BCUT2D eigenvalue weighted by Crippen LogP contribution is 2.41. The summed E-state index contributed by atoms with van der Waals surface area (Å²) in [7, 11) is 0. The van der Waals surface area contributed by atoms with Crippen molar-refractivity contribution in [1.82, 2.24) is 10.2 Å². The van der Waals surface area contributed by atoms with E-state index in [0.29, 0.717) is 11.9 Å². The number of carbonyl (C=O) groups is 1. The van der Waals surface area contributed by atoms with Gasteiger partial charge in [-0.15, -0.1) is 0 Å². The van der Waals surface area contributed by atoms with E-state index in [9.17, 15) is 4.79 Å². The van der Waals surface area contributed by atoms with Crippen molar-refractivity contribution in [2.24, 2.45) is 11.3 Å². The van der Waals surface area contributed by atoms with Gasteiger partial charge in [0.05, 0.1) is 5.41 Å². The van der Waals surface area contributed by atoms with Gasteiger partial charge in [-0.25, -0.2) is 0 Å². The lowest BCUT2D eigenvalue weighted by Gasteiger charge is -2.42. The molecular weight excluding hydrogens is 260 g/mol. The first-order valence-corrected chi connectivity index (χ1v) is 9.29. The van der Waals surface area contributed by atoms with Crippen LogP contribution in [0.5, 0.6) is 0 Å². The third-order valence-electron chi connectivity index (χ3n) is 6.25. The molecule has 1 saturated carbocycles. The maximum atomic E-state index is 13.4. The van der Waals surface area contributed by atoms with Crippen LogP contribution in [0.3, 0.4) is 0 Å². The molecule has 3 nitrogen and oxygen atoms in total. The molecule has 0 bridgehead atoms. The second kappa shape index (κ2) is 6.68. The molecule has 3 fully saturated rings. The Hall–Kier alpha value is -0.570. The van der Waals surface area contributed by atoms with Crippen LogP contribution >= 0.6 is 0 Å². The number of piperidine rings is 1. The Morgan fingerprint density at radius 2 is 1.86 bits per heavy atom. The Morgan fingerprint density at radius 3 is 2.52 bits per heavy atom. The SMILES string of the molecule is CCCC1(C(=O)N2CCCC2C2CCCC2)CCNCC1. The number of hydrogen-bond donors (Lipinski definition) is 1. The maximum absolute atomic E-state index is 13.4. The van der Waals surface area contributed by atoms with E-state index in [0.717, 1.165) is 51.2 Å². The first kappa shape index (κ1) is 15.3. The minimum absolute atomic E-state index is 0.0405. The van der Waals surface area contributed by atoms with Gasteiger partial charge in [0, 0.05) is 12.6 Å². The average molecular weight is 292 g/mol. The van der Waals surface area contributed by atoms with Crippen molar-refractivity contribution < 1.29 is 4.79 Å². The number of likely N-dealkylation sites (tertiary alicyclic amines) is 1. The molecule has 1 atom stereocenters. The van der Waals surface area contributed by atoms with E-state index < -0.39 is 0 Å². The average Bonchev–Trinajstić information content (AvgIpc) is 3.18. The summed E-state index contributed by atoms with van der Waals surface area (Å²) >= 11 is 0. The molecule has 2 saturated heterocycles. The Bertz CT molecular complexity index is 351. The van der Waals surface area contributed by atoms with Crippen LogP contribution in [0.25, 0.3) is 0 Å². The highest BCUT2D eigenvalue weighted by atomic mass is 16.2. The van der Waals surface area contributed by atoms with Crippen LogP contribution in [0.15, 0.2) is 0 Å². The van der Waals surface area contributed by atoms with Gasteiger partial charge in [0.25, 0.3) is 0 Å². The van der Waals surface area contributed by atoms with E-state index in [1.807, 2.05) is 0 Å². The Balaban J connectivity index is 1.74. The van der Waals surface area contributed by atoms with Crippen molar-refractivity contribution in [3.63, 3.8) is 0 Å². The number of nitrogens with one attached hydrogen (secondary N) is 1. The van der Waals surface area contributed by atoms with Crippen LogP contribution in [-0.2, 0) is 4.79 Å². The van der Waals surface area contributed by atoms with Crippen LogP contribution < -0.4 is 5.32 Å². The van der Waals surface area contributed by atoms with Crippen molar-refractivity contribution in [1.29, 1.82) is 0 Å². The number of nitrogens with zero attached hydrogens (tertiary/aromatic N) is 1. The van der Waals surface area contributed by atoms with E-state index in [2.05, 4.69) is 17.1 Å². The van der Waals surface area contributed by atoms with Crippen molar-refractivity contribution >= 4 is 5.91 Å². The Morgan fingerprint density at radius 1 is 1.14 bits per heavy atom. The summed E-state index contributed by atoms with van der Waals surface area (Å²) < 4.78 is 0. The zero-order valence-corrected chi connectivity index (χ0v) is 13.7. The second-order valence-corrected chi connectivity index (χ2v) is 7.53. The molecule has 120 valence electrons. The second-order valence-electron chi connectivity index (χ2n) is 7.53. The summed E-state index contributed by atoms with van der Waals surface area (Å²) in [5, 5.41) is 3.44. The summed E-state index contributed by atoms with van der Waals surface area (Å²) in [4.78, 5) is 15.7. The first-order chi connectivity index (χ1) is 10.3. The number of carbonyl (C=O) groups excluding carboxylic acids is 1. The highest BCUT2D eigenvalue weighted by molar-refractivity contribution is 5.83. The quantitative estimate of drug-likeness (QED) is 0.862. The van der Waals surface area contributed by atoms with Crippen LogP contribution in [0.2, 0.25) is 0 Å². The zero-order chi connectivity index (χ0) is 14.7. The van der Waals surface area contributed by atoms with Crippen LogP contribution in [-0.4, -0.2) is 36.5 Å². The standard InChI is InChI=1S/C18H32N2O/c1-2-9-18(10-12-19-13-11-18)17(21)20-14-5-8-16(20)15-6-3-4-7-15/h15-16,19H,2-14H2,1H3. The van der Waals surface area contributed by atoms with Crippen molar-refractivity contribution in [2.75, 3.05) is 19.6 Å². The summed E-state index contributed by atoms with van der Waals surface area (Å²) in [6.45, 7) is 5.30. The fraction of sp³-hybridized carbons (Fsp3) is 0.944. The maximum Gasteiger partial charge on any atom is 0.229 e. The Labute approximate surface area is 129 Å². The fourth-order valence-electron chi connectivity index (χ4n) is 5.14. The predicted octanol–water partition coefficient (Wildman–Crippen LogP) is 3.34. The third kappa shape index (κ3) is 2.99. The molecule has 0 radical (unpaired) electrons. The lowest BCUT2D eigenvalue weighted by molar-refractivity contribution is -0.146. The molecule has 1 amide bonds. The topological polar surface area (TPSA) is 32.3 Å². The van der Waals surface area contributed by atoms with Crippen LogP contribution in [0, 0.1) is 11.3 Å². The molecule has 0 spiro atoms. The molecule has 1 aliphatic carbocycles. The summed E-state index contributed by atoms with van der Waals surface area (Å²) in [6.07, 6.45) is 12.3. The van der Waals surface area contributed by atoms with Gasteiger partial charge in [0.1, 0.15) is 0 Å². The number of amides is 1. The summed E-state index contributed by atoms with van der Waals surface area (Å²) in [6, 6.07) is 0.573. The highest BCUT2D eigenvalue weighted by Gasteiger charge is 2.45. The third-order valence-corrected chi connectivity index (χ3v) is 6.25. The van der Waals surface area contributed by atoms with Gasteiger partial charge in [0.2, 0.25) is 5.91 Å². The van der Waals surface area contributed by atoms with Crippen LogP contribution in [0.1, 0.15) is 71.1 Å². The molecule has 0 aromatic carbocycles. The molecule has 3 heteroatoms. The number of hydrogen-bond acceptors (Lipinski definition) is 2. The van der Waals surface area contributed by atoms with E-state index in [4.69, 9.17) is 0 Å². The molecule has 0 aromatic rings. The van der Waals surface area contributed by atoms with Gasteiger partial charge in [-0.05, 0) is 64.0 Å². The summed E-state index contributed by atoms with van der Waals surface area (Å²) in [5.74, 6) is 1.32. The predicted molar refractivity (Wildman–Crippen MR) is 86.1 cm³/mol. The van der Waals surface area contributed by atoms with Crippen molar-refractivity contribution in [2.45, 2.75) is 77.2 Å². The normalized spacial score (nSPS) is 30.0. The molecular formula is C18H32N2O. The smallest absolute Gasteiger partial charge is 0.229 e. The first-order valence-electron chi connectivity index (χ1n) is 9.29.